The van der Waals surface area contributed by atoms with Crippen LogP contribution in [0, 0.1) is 0 Å². The summed E-state index contributed by atoms with van der Waals surface area (Å²) in [7, 11) is 0. The highest BCUT2D eigenvalue weighted by atomic mass is 16.1. The Kier molecular flexibility index (Phi) is 2.83. The summed E-state index contributed by atoms with van der Waals surface area (Å²) in [6, 6.07) is 0. The Labute approximate surface area is 97.1 Å². The lowest BCUT2D eigenvalue weighted by Gasteiger charge is -2.15. The van der Waals surface area contributed by atoms with E-state index in [-0.39, 0.29) is 0 Å². The van der Waals surface area contributed by atoms with Gasteiger partial charge in [0.05, 0.1) is 0 Å². The van der Waals surface area contributed by atoms with Gasteiger partial charge >= 0.3 is 0 Å². The number of hydrogen-bond acceptors (Lipinski definition) is 2. The Morgan fingerprint density at radius 3 is 2.38 bits per heavy atom. The number of hydrogen-bond donors (Lipinski definition) is 0. The lowest BCUT2D eigenvalue weighted by Crippen LogP contribution is -2.06. The number of Topliss-reactive ketones (excluding diaryl/α,β-unsaturated/α-hetero) is 1. The summed E-state index contributed by atoms with van der Waals surface area (Å²) in [6.45, 7) is 8.52. The lowest BCUT2D eigenvalue weighted by molar-refractivity contribution is 0.0993. The first-order valence-corrected chi connectivity index (χ1v) is 6.07. The molecule has 0 spiro atoms. The van der Waals surface area contributed by atoms with Gasteiger partial charge in [-0.3, -0.25) is 9.78 Å². The monoisotopic (exact) mass is 217 g/mol. The lowest BCUT2D eigenvalue weighted by atomic mass is 9.93. The van der Waals surface area contributed by atoms with Gasteiger partial charge < -0.3 is 0 Å². The first kappa shape index (κ1) is 11.3. The summed E-state index contributed by atoms with van der Waals surface area (Å²) >= 11 is 0. The summed E-state index contributed by atoms with van der Waals surface area (Å²) in [5.74, 6) is 1.09. The summed E-state index contributed by atoms with van der Waals surface area (Å²) in [5.41, 5.74) is 4.44. The molecule has 1 aliphatic carbocycles. The number of pyridine rings is 1. The summed E-state index contributed by atoms with van der Waals surface area (Å²) < 4.78 is 0. The van der Waals surface area contributed by atoms with Crippen molar-refractivity contribution in [2.24, 2.45) is 0 Å². The third kappa shape index (κ3) is 1.66. The Morgan fingerprint density at radius 2 is 1.81 bits per heavy atom. The maximum Gasteiger partial charge on any atom is 0.163 e. The first-order chi connectivity index (χ1) is 7.52. The minimum Gasteiger partial charge on any atom is -0.294 e. The zero-order valence-corrected chi connectivity index (χ0v) is 10.5. The molecule has 0 aliphatic heterocycles. The number of carbonyl (C=O) groups is 1. The van der Waals surface area contributed by atoms with Crippen molar-refractivity contribution in [2.45, 2.75) is 52.4 Å². The van der Waals surface area contributed by atoms with Crippen molar-refractivity contribution >= 4 is 5.78 Å². The van der Waals surface area contributed by atoms with E-state index < -0.39 is 0 Å². The third-order valence-electron chi connectivity index (χ3n) is 3.29. The molecule has 0 atom stereocenters. The Balaban J connectivity index is 2.64. The van der Waals surface area contributed by atoms with Gasteiger partial charge in [0.2, 0.25) is 0 Å². The van der Waals surface area contributed by atoms with Crippen molar-refractivity contribution in [3.8, 4) is 0 Å². The van der Waals surface area contributed by atoms with Crippen LogP contribution in [0.1, 0.15) is 73.1 Å². The summed E-state index contributed by atoms with van der Waals surface area (Å²) in [4.78, 5) is 16.5. The molecule has 2 rings (SSSR count). The van der Waals surface area contributed by atoms with Crippen molar-refractivity contribution in [1.29, 1.82) is 0 Å². The van der Waals surface area contributed by atoms with E-state index in [1.54, 1.807) is 0 Å². The maximum absolute atomic E-state index is 11.9. The molecular formula is C14H19NO. The van der Waals surface area contributed by atoms with Gasteiger partial charge in [0, 0.05) is 23.9 Å². The van der Waals surface area contributed by atoms with E-state index in [0.29, 0.717) is 24.0 Å². The highest BCUT2D eigenvalue weighted by Gasteiger charge is 2.27. The van der Waals surface area contributed by atoms with Crippen LogP contribution >= 0.6 is 0 Å². The fourth-order valence-electron chi connectivity index (χ4n) is 2.47. The molecule has 16 heavy (non-hydrogen) atoms. The summed E-state index contributed by atoms with van der Waals surface area (Å²) in [5, 5.41) is 0. The molecule has 1 aromatic rings. The largest absolute Gasteiger partial charge is 0.294 e. The minimum absolute atomic E-state index is 0.308. The zero-order valence-electron chi connectivity index (χ0n) is 10.5. The van der Waals surface area contributed by atoms with Crippen molar-refractivity contribution < 1.29 is 4.79 Å². The Bertz CT molecular complexity index is 433. The minimum atomic E-state index is 0.308. The second-order valence-corrected chi connectivity index (χ2v) is 5.18. The molecule has 0 saturated carbocycles. The summed E-state index contributed by atoms with van der Waals surface area (Å²) in [6.07, 6.45) is 3.46. The average molecular weight is 217 g/mol. The quantitative estimate of drug-likeness (QED) is 0.759. The van der Waals surface area contributed by atoms with Crippen LogP contribution < -0.4 is 0 Å². The third-order valence-corrected chi connectivity index (χ3v) is 3.29. The second kappa shape index (κ2) is 4.00. The molecule has 1 aromatic heterocycles. The predicted molar refractivity (Wildman–Crippen MR) is 65.1 cm³/mol. The van der Waals surface area contributed by atoms with Gasteiger partial charge in [0.15, 0.2) is 5.78 Å². The molecule has 1 aliphatic rings. The van der Waals surface area contributed by atoms with Crippen LogP contribution in [0.25, 0.3) is 0 Å². The van der Waals surface area contributed by atoms with E-state index in [1.807, 2.05) is 6.20 Å². The molecule has 0 fully saturated rings. The Hall–Kier alpha value is -1.18. The molecule has 2 nitrogen and oxygen atoms in total. The van der Waals surface area contributed by atoms with Gasteiger partial charge in [-0.15, -0.1) is 0 Å². The topological polar surface area (TPSA) is 30.0 Å². The van der Waals surface area contributed by atoms with Crippen molar-refractivity contribution in [3.05, 3.63) is 28.6 Å². The van der Waals surface area contributed by atoms with Crippen molar-refractivity contribution in [3.63, 3.8) is 0 Å². The number of rotatable bonds is 2. The van der Waals surface area contributed by atoms with E-state index in [9.17, 15) is 4.79 Å². The van der Waals surface area contributed by atoms with E-state index >= 15 is 0 Å². The molecule has 0 aromatic carbocycles. The van der Waals surface area contributed by atoms with Crippen LogP contribution in [0.2, 0.25) is 0 Å². The fraction of sp³-hybridized carbons (Fsp3) is 0.571. The van der Waals surface area contributed by atoms with E-state index in [0.717, 1.165) is 23.2 Å². The van der Waals surface area contributed by atoms with Gasteiger partial charge in [-0.25, -0.2) is 0 Å². The number of carbonyl (C=O) groups excluding carboxylic acids is 1. The number of nitrogens with zero attached hydrogens (tertiary/aromatic N) is 1. The zero-order chi connectivity index (χ0) is 11.9. The number of fused-ring (bicyclic) bond motifs is 1. The molecule has 0 unspecified atom stereocenters. The standard InChI is InChI=1S/C14H19NO/c1-8(2)11-7-15-14(9(3)4)10-5-6-12(16)13(10)11/h7-9H,5-6H2,1-4H3. The number of aromatic nitrogens is 1. The molecule has 86 valence electrons. The van der Waals surface area contributed by atoms with Crippen LogP contribution in [0.3, 0.4) is 0 Å². The van der Waals surface area contributed by atoms with Crippen LogP contribution in [-0.2, 0) is 6.42 Å². The molecular weight excluding hydrogens is 198 g/mol. The molecule has 0 amide bonds. The molecule has 2 heteroatoms. The predicted octanol–water partition coefficient (Wildman–Crippen LogP) is 3.46. The fourth-order valence-corrected chi connectivity index (χ4v) is 2.47. The normalized spacial score (nSPS) is 15.0. The number of ketones is 1. The second-order valence-electron chi connectivity index (χ2n) is 5.18. The van der Waals surface area contributed by atoms with E-state index in [4.69, 9.17) is 0 Å². The molecule has 0 N–H and O–H groups in total. The van der Waals surface area contributed by atoms with Crippen LogP contribution in [-0.4, -0.2) is 10.8 Å². The van der Waals surface area contributed by atoms with E-state index in [2.05, 4.69) is 32.7 Å². The molecule has 0 radical (unpaired) electrons. The van der Waals surface area contributed by atoms with E-state index in [1.165, 1.54) is 5.56 Å². The first-order valence-electron chi connectivity index (χ1n) is 6.07. The van der Waals surface area contributed by atoms with Crippen molar-refractivity contribution in [1.82, 2.24) is 4.98 Å². The van der Waals surface area contributed by atoms with Crippen LogP contribution in [0.4, 0.5) is 0 Å². The van der Waals surface area contributed by atoms with Gasteiger partial charge in [0.25, 0.3) is 0 Å². The maximum atomic E-state index is 11.9. The average Bonchev–Trinajstić information content (AvgIpc) is 2.59. The van der Waals surface area contributed by atoms with Crippen LogP contribution in [0.15, 0.2) is 6.20 Å². The van der Waals surface area contributed by atoms with Gasteiger partial charge in [-0.05, 0) is 29.4 Å². The molecule has 0 saturated heterocycles. The van der Waals surface area contributed by atoms with Gasteiger partial charge in [0.1, 0.15) is 0 Å². The highest BCUT2D eigenvalue weighted by Crippen LogP contribution is 2.33. The molecule has 1 heterocycles. The van der Waals surface area contributed by atoms with Crippen molar-refractivity contribution in [2.75, 3.05) is 0 Å². The SMILES string of the molecule is CC(C)c1cnc(C(C)C)c2c1C(=O)CC2. The van der Waals surface area contributed by atoms with Gasteiger partial charge in [-0.2, -0.15) is 0 Å². The molecule has 0 bridgehead atoms. The van der Waals surface area contributed by atoms with Crippen LogP contribution in [0.5, 0.6) is 0 Å². The smallest absolute Gasteiger partial charge is 0.163 e. The Morgan fingerprint density at radius 1 is 1.12 bits per heavy atom. The van der Waals surface area contributed by atoms with Gasteiger partial charge in [-0.1, -0.05) is 27.7 Å². The highest BCUT2D eigenvalue weighted by molar-refractivity contribution is 6.02.